The van der Waals surface area contributed by atoms with Crippen LogP contribution in [0.1, 0.15) is 18.7 Å². The molecule has 0 spiro atoms. The number of hydrogen-bond acceptors (Lipinski definition) is 7. The number of ether oxygens (including phenoxy) is 2. The van der Waals surface area contributed by atoms with E-state index in [1.165, 1.54) is 0 Å². The standard InChI is InChI=1S/C15H19N3O3S/c1-4-18(5-2-11(1)15-19-6-7-20-15)9-13-16-14(17-21-13)12-3-8-22-10-12/h3,8,10-11,15H,1-2,4-7,9H2. The van der Waals surface area contributed by atoms with E-state index in [1.54, 1.807) is 11.3 Å². The zero-order valence-electron chi connectivity index (χ0n) is 12.3. The first kappa shape index (κ1) is 14.3. The van der Waals surface area contributed by atoms with Crippen molar-refractivity contribution in [3.05, 3.63) is 22.7 Å². The average Bonchev–Trinajstić information content (AvgIpc) is 3.30. The summed E-state index contributed by atoms with van der Waals surface area (Å²) in [4.78, 5) is 6.84. The highest BCUT2D eigenvalue weighted by atomic mass is 32.1. The molecule has 2 aromatic heterocycles. The molecule has 4 heterocycles. The fraction of sp³-hybridized carbons (Fsp3) is 0.600. The fourth-order valence-corrected chi connectivity index (χ4v) is 3.69. The van der Waals surface area contributed by atoms with E-state index >= 15 is 0 Å². The monoisotopic (exact) mass is 321 g/mol. The second kappa shape index (κ2) is 6.45. The molecule has 2 saturated heterocycles. The molecule has 0 aliphatic carbocycles. The van der Waals surface area contributed by atoms with Gasteiger partial charge < -0.3 is 14.0 Å². The van der Waals surface area contributed by atoms with Gasteiger partial charge >= 0.3 is 0 Å². The van der Waals surface area contributed by atoms with Crippen molar-refractivity contribution in [2.75, 3.05) is 26.3 Å². The lowest BCUT2D eigenvalue weighted by atomic mass is 9.96. The molecule has 7 heteroatoms. The molecular formula is C15H19N3O3S. The molecule has 2 aromatic rings. The Labute approximate surface area is 133 Å². The Morgan fingerprint density at radius 2 is 2.05 bits per heavy atom. The Morgan fingerprint density at radius 1 is 1.23 bits per heavy atom. The van der Waals surface area contributed by atoms with Gasteiger partial charge in [0, 0.05) is 16.9 Å². The van der Waals surface area contributed by atoms with Crippen LogP contribution in [-0.4, -0.2) is 47.6 Å². The lowest BCUT2D eigenvalue weighted by Crippen LogP contribution is -2.37. The predicted octanol–water partition coefficient (Wildman–Crippen LogP) is 2.38. The maximum absolute atomic E-state index is 5.61. The van der Waals surface area contributed by atoms with E-state index in [0.29, 0.717) is 17.6 Å². The molecule has 2 aliphatic rings. The van der Waals surface area contributed by atoms with E-state index in [2.05, 4.69) is 15.0 Å². The van der Waals surface area contributed by atoms with Gasteiger partial charge in [0.05, 0.1) is 19.8 Å². The van der Waals surface area contributed by atoms with Gasteiger partial charge in [0.25, 0.3) is 0 Å². The molecule has 4 rings (SSSR count). The van der Waals surface area contributed by atoms with Crippen molar-refractivity contribution in [3.8, 4) is 11.4 Å². The number of likely N-dealkylation sites (tertiary alicyclic amines) is 1. The number of rotatable bonds is 4. The first-order valence-corrected chi connectivity index (χ1v) is 8.63. The maximum atomic E-state index is 5.61. The summed E-state index contributed by atoms with van der Waals surface area (Å²) in [5, 5.41) is 8.10. The molecule has 0 N–H and O–H groups in total. The highest BCUT2D eigenvalue weighted by Gasteiger charge is 2.30. The van der Waals surface area contributed by atoms with Crippen molar-refractivity contribution in [3.63, 3.8) is 0 Å². The van der Waals surface area contributed by atoms with Crippen LogP contribution in [0.25, 0.3) is 11.4 Å². The molecule has 0 amide bonds. The van der Waals surface area contributed by atoms with Gasteiger partial charge in [-0.25, -0.2) is 0 Å². The summed E-state index contributed by atoms with van der Waals surface area (Å²) in [6.45, 7) is 4.22. The molecule has 0 aromatic carbocycles. The third-order valence-electron chi connectivity index (χ3n) is 4.27. The van der Waals surface area contributed by atoms with Crippen molar-refractivity contribution in [2.24, 2.45) is 5.92 Å². The van der Waals surface area contributed by atoms with Gasteiger partial charge in [0.1, 0.15) is 0 Å². The van der Waals surface area contributed by atoms with Crippen molar-refractivity contribution < 1.29 is 14.0 Å². The molecule has 118 valence electrons. The second-order valence-corrected chi connectivity index (χ2v) is 6.53. The fourth-order valence-electron chi connectivity index (χ4n) is 3.05. The summed E-state index contributed by atoms with van der Waals surface area (Å²) in [5.74, 6) is 1.88. The zero-order valence-corrected chi connectivity index (χ0v) is 13.1. The molecule has 2 aliphatic heterocycles. The minimum atomic E-state index is 0.00995. The number of aromatic nitrogens is 2. The first-order valence-electron chi connectivity index (χ1n) is 7.69. The molecule has 6 nitrogen and oxygen atoms in total. The minimum Gasteiger partial charge on any atom is -0.350 e. The van der Waals surface area contributed by atoms with Gasteiger partial charge in [-0.15, -0.1) is 0 Å². The quantitative estimate of drug-likeness (QED) is 0.862. The van der Waals surface area contributed by atoms with Crippen LogP contribution in [0.15, 0.2) is 21.3 Å². The molecule has 0 saturated carbocycles. The van der Waals surface area contributed by atoms with Gasteiger partial charge in [-0.05, 0) is 37.4 Å². The van der Waals surface area contributed by atoms with E-state index in [1.807, 2.05) is 16.8 Å². The average molecular weight is 321 g/mol. The lowest BCUT2D eigenvalue weighted by Gasteiger charge is -2.32. The molecule has 0 unspecified atom stereocenters. The highest BCUT2D eigenvalue weighted by Crippen LogP contribution is 2.26. The van der Waals surface area contributed by atoms with Crippen LogP contribution in [0.3, 0.4) is 0 Å². The minimum absolute atomic E-state index is 0.00995. The number of nitrogens with zero attached hydrogens (tertiary/aromatic N) is 3. The first-order chi connectivity index (χ1) is 10.9. The third-order valence-corrected chi connectivity index (χ3v) is 4.95. The van der Waals surface area contributed by atoms with Gasteiger partial charge in [-0.3, -0.25) is 4.90 Å². The molecule has 0 radical (unpaired) electrons. The second-order valence-electron chi connectivity index (χ2n) is 5.75. The van der Waals surface area contributed by atoms with Crippen LogP contribution in [0.4, 0.5) is 0 Å². The van der Waals surface area contributed by atoms with Crippen LogP contribution < -0.4 is 0 Å². The Hall–Kier alpha value is -1.28. The van der Waals surface area contributed by atoms with Gasteiger partial charge in [-0.2, -0.15) is 16.3 Å². The van der Waals surface area contributed by atoms with Crippen LogP contribution >= 0.6 is 11.3 Å². The number of thiophene rings is 1. The zero-order chi connectivity index (χ0) is 14.8. The van der Waals surface area contributed by atoms with Gasteiger partial charge in [0.2, 0.25) is 11.7 Å². The SMILES string of the molecule is c1cc(-c2noc(CN3CCC(C4OCCO4)CC3)n2)cs1. The van der Waals surface area contributed by atoms with Crippen molar-refractivity contribution in [1.29, 1.82) is 0 Å². The largest absolute Gasteiger partial charge is 0.350 e. The Bertz CT molecular complexity index is 587. The normalized spacial score (nSPS) is 21.6. The molecule has 0 bridgehead atoms. The number of piperidine rings is 1. The molecule has 0 atom stereocenters. The summed E-state index contributed by atoms with van der Waals surface area (Å²) in [6, 6.07) is 2.01. The van der Waals surface area contributed by atoms with E-state index in [-0.39, 0.29) is 6.29 Å². The van der Waals surface area contributed by atoms with Crippen molar-refractivity contribution in [2.45, 2.75) is 25.7 Å². The topological polar surface area (TPSA) is 60.6 Å². The van der Waals surface area contributed by atoms with Gasteiger partial charge in [0.15, 0.2) is 6.29 Å². The Balaban J connectivity index is 1.31. The summed E-state index contributed by atoms with van der Waals surface area (Å²) in [6.07, 6.45) is 2.20. The summed E-state index contributed by atoms with van der Waals surface area (Å²) >= 11 is 1.64. The Morgan fingerprint density at radius 3 is 2.77 bits per heavy atom. The summed E-state index contributed by atoms with van der Waals surface area (Å²) in [5.41, 5.74) is 1.02. The maximum Gasteiger partial charge on any atom is 0.241 e. The van der Waals surface area contributed by atoms with Crippen LogP contribution in [-0.2, 0) is 16.0 Å². The van der Waals surface area contributed by atoms with E-state index in [4.69, 9.17) is 14.0 Å². The van der Waals surface area contributed by atoms with Gasteiger partial charge in [-0.1, -0.05) is 5.16 Å². The van der Waals surface area contributed by atoms with Crippen molar-refractivity contribution >= 4 is 11.3 Å². The van der Waals surface area contributed by atoms with Crippen molar-refractivity contribution in [1.82, 2.24) is 15.0 Å². The number of hydrogen-bond donors (Lipinski definition) is 0. The molecular weight excluding hydrogens is 302 g/mol. The predicted molar refractivity (Wildman–Crippen MR) is 81.3 cm³/mol. The van der Waals surface area contributed by atoms with Crippen LogP contribution in [0.2, 0.25) is 0 Å². The van der Waals surface area contributed by atoms with Crippen LogP contribution in [0.5, 0.6) is 0 Å². The molecule has 22 heavy (non-hydrogen) atoms. The summed E-state index contributed by atoms with van der Waals surface area (Å²) < 4.78 is 16.6. The third kappa shape index (κ3) is 3.08. The lowest BCUT2D eigenvalue weighted by molar-refractivity contribution is -0.0981. The Kier molecular flexibility index (Phi) is 4.20. The smallest absolute Gasteiger partial charge is 0.241 e. The van der Waals surface area contributed by atoms with E-state index in [0.717, 1.165) is 51.3 Å². The van der Waals surface area contributed by atoms with E-state index in [9.17, 15) is 0 Å². The molecule has 2 fully saturated rings. The summed E-state index contributed by atoms with van der Waals surface area (Å²) in [7, 11) is 0. The van der Waals surface area contributed by atoms with Crippen LogP contribution in [0, 0.1) is 5.92 Å². The highest BCUT2D eigenvalue weighted by molar-refractivity contribution is 7.08. The van der Waals surface area contributed by atoms with E-state index < -0.39 is 0 Å².